The van der Waals surface area contributed by atoms with Gasteiger partial charge in [-0.1, -0.05) is 176 Å². The Labute approximate surface area is 372 Å². The summed E-state index contributed by atoms with van der Waals surface area (Å²) in [6.07, 6.45) is 0. The van der Waals surface area contributed by atoms with Crippen molar-refractivity contribution in [3.63, 3.8) is 0 Å². The van der Waals surface area contributed by atoms with Gasteiger partial charge in [-0.3, -0.25) is 0 Å². The fourth-order valence-corrected chi connectivity index (χ4v) is 10.8. The average molecular weight is 817 g/mol. The lowest BCUT2D eigenvalue weighted by Crippen LogP contribution is -2.36. The standard InChI is InChI=1S/C61H40N2O/c1-3-18-41(19-4-1)42-34-37-45(38-35-42)62(54-29-13-8-22-46(54)43-36-39-59-49(40-43)47-23-9-16-33-58(47)64-59)57-32-17-28-53-60(57)48-24-7-10-25-50(48)61(53)51-26-11-14-30-55(51)63(44-20-5-2-6-21-44)56-31-15-12-27-52(56)61/h1-40H. The van der Waals surface area contributed by atoms with Crippen LogP contribution in [0.1, 0.15) is 22.3 Å². The Morgan fingerprint density at radius 2 is 0.906 bits per heavy atom. The van der Waals surface area contributed by atoms with E-state index in [9.17, 15) is 0 Å². The van der Waals surface area contributed by atoms with Crippen LogP contribution in [0.4, 0.5) is 34.1 Å². The number of hydrogen-bond donors (Lipinski definition) is 0. The Kier molecular flexibility index (Phi) is 8.13. The van der Waals surface area contributed by atoms with Crippen molar-refractivity contribution in [1.29, 1.82) is 0 Å². The highest BCUT2D eigenvalue weighted by Gasteiger charge is 2.52. The van der Waals surface area contributed by atoms with E-state index in [1.807, 2.05) is 12.1 Å². The number of rotatable bonds is 6. The molecule has 2 aliphatic rings. The van der Waals surface area contributed by atoms with Crippen molar-refractivity contribution in [3.8, 4) is 33.4 Å². The van der Waals surface area contributed by atoms with E-state index < -0.39 is 5.41 Å². The van der Waals surface area contributed by atoms with Crippen molar-refractivity contribution < 1.29 is 4.42 Å². The zero-order chi connectivity index (χ0) is 42.2. The summed E-state index contributed by atoms with van der Waals surface area (Å²) in [5, 5.41) is 2.23. The van der Waals surface area contributed by atoms with Crippen molar-refractivity contribution in [1.82, 2.24) is 0 Å². The summed E-state index contributed by atoms with van der Waals surface area (Å²) in [6.45, 7) is 0. The van der Waals surface area contributed by atoms with E-state index in [-0.39, 0.29) is 0 Å². The van der Waals surface area contributed by atoms with Gasteiger partial charge < -0.3 is 14.2 Å². The van der Waals surface area contributed by atoms with E-state index in [1.54, 1.807) is 0 Å². The zero-order valence-electron chi connectivity index (χ0n) is 34.9. The molecular formula is C61H40N2O. The minimum atomic E-state index is -0.587. The normalized spacial score (nSPS) is 13.1. The van der Waals surface area contributed by atoms with Crippen molar-refractivity contribution in [2.45, 2.75) is 5.41 Å². The summed E-state index contributed by atoms with van der Waals surface area (Å²) in [5.74, 6) is 0. The lowest BCUT2D eigenvalue weighted by Gasteiger charge is -2.45. The molecular weight excluding hydrogens is 777 g/mol. The number of benzene rings is 10. The maximum absolute atomic E-state index is 6.31. The molecule has 0 saturated heterocycles. The first kappa shape index (κ1) is 36.3. The van der Waals surface area contributed by atoms with Crippen LogP contribution in [-0.4, -0.2) is 0 Å². The summed E-state index contributed by atoms with van der Waals surface area (Å²) in [4.78, 5) is 4.94. The Morgan fingerprint density at radius 3 is 1.67 bits per heavy atom. The van der Waals surface area contributed by atoms with Crippen LogP contribution < -0.4 is 9.80 Å². The van der Waals surface area contributed by atoms with Crippen LogP contribution in [0.3, 0.4) is 0 Å². The van der Waals surface area contributed by atoms with Crippen molar-refractivity contribution >= 4 is 56.1 Å². The second kappa shape index (κ2) is 14.3. The van der Waals surface area contributed by atoms with Crippen LogP contribution in [0, 0.1) is 0 Å². The molecule has 13 rings (SSSR count). The zero-order valence-corrected chi connectivity index (χ0v) is 34.9. The molecule has 300 valence electrons. The number of fused-ring (bicyclic) bond motifs is 12. The highest BCUT2D eigenvalue weighted by Crippen LogP contribution is 2.65. The molecule has 0 unspecified atom stereocenters. The molecule has 0 radical (unpaired) electrons. The number of anilines is 6. The van der Waals surface area contributed by atoms with E-state index in [1.165, 1.54) is 55.9 Å². The fraction of sp³-hybridized carbons (Fsp3) is 0.0164. The van der Waals surface area contributed by atoms with Crippen LogP contribution in [0.2, 0.25) is 0 Å². The molecule has 1 aliphatic heterocycles. The molecule has 0 fully saturated rings. The smallest absolute Gasteiger partial charge is 0.135 e. The van der Waals surface area contributed by atoms with Gasteiger partial charge in [0.1, 0.15) is 11.2 Å². The molecule has 64 heavy (non-hydrogen) atoms. The van der Waals surface area contributed by atoms with Gasteiger partial charge in [0, 0.05) is 33.3 Å². The maximum Gasteiger partial charge on any atom is 0.135 e. The van der Waals surface area contributed by atoms with Crippen LogP contribution in [0.15, 0.2) is 247 Å². The van der Waals surface area contributed by atoms with Crippen LogP contribution in [-0.2, 0) is 5.41 Å². The van der Waals surface area contributed by atoms with Gasteiger partial charge >= 0.3 is 0 Å². The summed E-state index contributed by atoms with van der Waals surface area (Å²) in [7, 11) is 0. The SMILES string of the molecule is c1ccc(-c2ccc(N(c3ccccc3-c3ccc4oc5ccccc5c4c3)c3cccc4c3-c3ccccc3C43c4ccccc4N(c4ccccc4)c4ccccc43)cc2)cc1. The first-order chi connectivity index (χ1) is 31.8. The molecule has 11 aromatic rings. The third kappa shape index (κ3) is 5.28. The molecule has 0 bridgehead atoms. The van der Waals surface area contributed by atoms with E-state index in [0.29, 0.717) is 0 Å². The molecule has 1 spiro atoms. The molecule has 1 aliphatic carbocycles. The van der Waals surface area contributed by atoms with E-state index >= 15 is 0 Å². The maximum atomic E-state index is 6.31. The number of hydrogen-bond acceptors (Lipinski definition) is 3. The fourth-order valence-electron chi connectivity index (χ4n) is 10.8. The van der Waals surface area contributed by atoms with Crippen LogP contribution >= 0.6 is 0 Å². The number of nitrogens with zero attached hydrogens (tertiary/aromatic N) is 2. The molecule has 0 atom stereocenters. The highest BCUT2D eigenvalue weighted by molar-refractivity contribution is 6.08. The lowest BCUT2D eigenvalue weighted by atomic mass is 9.64. The number of furan rings is 1. The molecule has 2 heterocycles. The second-order valence-corrected chi connectivity index (χ2v) is 16.8. The van der Waals surface area contributed by atoms with Crippen LogP contribution in [0.5, 0.6) is 0 Å². The predicted octanol–water partition coefficient (Wildman–Crippen LogP) is 16.5. The largest absolute Gasteiger partial charge is 0.456 e. The molecule has 10 aromatic carbocycles. The highest BCUT2D eigenvalue weighted by atomic mass is 16.3. The molecule has 0 amide bonds. The second-order valence-electron chi connectivity index (χ2n) is 16.8. The first-order valence-corrected chi connectivity index (χ1v) is 22.0. The summed E-state index contributed by atoms with van der Waals surface area (Å²) >= 11 is 0. The van der Waals surface area contributed by atoms with Crippen molar-refractivity contribution in [3.05, 3.63) is 265 Å². The quantitative estimate of drug-likeness (QED) is 0.167. The monoisotopic (exact) mass is 816 g/mol. The van der Waals surface area contributed by atoms with E-state index in [2.05, 4.69) is 240 Å². The van der Waals surface area contributed by atoms with Gasteiger partial charge in [0.05, 0.1) is 28.2 Å². The predicted molar refractivity (Wildman–Crippen MR) is 265 cm³/mol. The number of para-hydroxylation sites is 5. The van der Waals surface area contributed by atoms with E-state index in [0.717, 1.165) is 55.8 Å². The van der Waals surface area contributed by atoms with Gasteiger partial charge in [0.2, 0.25) is 0 Å². The van der Waals surface area contributed by atoms with Crippen molar-refractivity contribution in [2.75, 3.05) is 9.80 Å². The summed E-state index contributed by atoms with van der Waals surface area (Å²) in [5.41, 5.74) is 20.2. The Morgan fingerprint density at radius 1 is 0.359 bits per heavy atom. The van der Waals surface area contributed by atoms with Crippen LogP contribution in [0.25, 0.3) is 55.3 Å². The third-order valence-corrected chi connectivity index (χ3v) is 13.5. The minimum Gasteiger partial charge on any atom is -0.456 e. The molecule has 3 heteroatoms. The van der Waals surface area contributed by atoms with Gasteiger partial charge in [0.25, 0.3) is 0 Å². The average Bonchev–Trinajstić information content (AvgIpc) is 3.89. The summed E-state index contributed by atoms with van der Waals surface area (Å²) < 4.78 is 6.31. The van der Waals surface area contributed by atoms with E-state index in [4.69, 9.17) is 4.42 Å². The third-order valence-electron chi connectivity index (χ3n) is 13.5. The summed E-state index contributed by atoms with van der Waals surface area (Å²) in [6, 6.07) is 88.4. The molecule has 1 aromatic heterocycles. The van der Waals surface area contributed by atoms with Gasteiger partial charge in [-0.25, -0.2) is 0 Å². The van der Waals surface area contributed by atoms with Gasteiger partial charge in [-0.05, 0) is 111 Å². The van der Waals surface area contributed by atoms with Crippen molar-refractivity contribution in [2.24, 2.45) is 0 Å². The topological polar surface area (TPSA) is 19.6 Å². The lowest BCUT2D eigenvalue weighted by molar-refractivity contribution is 0.669. The minimum absolute atomic E-state index is 0.587. The first-order valence-electron chi connectivity index (χ1n) is 22.0. The molecule has 3 nitrogen and oxygen atoms in total. The van der Waals surface area contributed by atoms with Gasteiger partial charge in [0.15, 0.2) is 0 Å². The van der Waals surface area contributed by atoms with Gasteiger partial charge in [-0.15, -0.1) is 0 Å². The molecule has 0 N–H and O–H groups in total. The Bertz CT molecular complexity index is 3520. The Hall–Kier alpha value is -8.40. The Balaban J connectivity index is 1.08. The molecule has 0 saturated carbocycles. The van der Waals surface area contributed by atoms with Gasteiger partial charge in [-0.2, -0.15) is 0 Å².